The molecule has 0 radical (unpaired) electrons. The van der Waals surface area contributed by atoms with E-state index in [9.17, 15) is 10.1 Å². The number of ether oxygens (including phenoxy) is 3. The molecule has 0 aromatic heterocycles. The Morgan fingerprint density at radius 1 is 0.962 bits per heavy atom. The molecule has 26 heavy (non-hydrogen) atoms. The number of nitrogens with zero attached hydrogens (tertiary/aromatic N) is 1. The van der Waals surface area contributed by atoms with Gasteiger partial charge in [-0.2, -0.15) is 0 Å². The largest absolute Gasteiger partial charge is 0.474 e. The molecule has 2 aliphatic rings. The lowest BCUT2D eigenvalue weighted by Crippen LogP contribution is -2.19. The second kappa shape index (κ2) is 5.49. The molecule has 0 spiro atoms. The maximum absolute atomic E-state index is 11.7. The van der Waals surface area contributed by atoms with Crippen molar-refractivity contribution in [3.05, 3.63) is 81.5 Å². The highest BCUT2D eigenvalue weighted by Crippen LogP contribution is 2.43. The number of rotatable bonds is 2. The molecule has 0 N–H and O–H groups in total. The summed E-state index contributed by atoms with van der Waals surface area (Å²) in [6.07, 6.45) is 0.796. The Morgan fingerprint density at radius 3 is 2.65 bits per heavy atom. The summed E-state index contributed by atoms with van der Waals surface area (Å²) in [5.41, 5.74) is 1.37. The SMILES string of the molecule is O=[N+]([O-])C1=Cc2c(ccc3ccccc23)OC1c1ccc2c(c1)OCO2. The quantitative estimate of drug-likeness (QED) is 0.510. The predicted octanol–water partition coefficient (Wildman–Crippen LogP) is 4.32. The van der Waals surface area contributed by atoms with Gasteiger partial charge in [-0.3, -0.25) is 10.1 Å². The molecule has 3 aromatic rings. The van der Waals surface area contributed by atoms with Crippen molar-refractivity contribution < 1.29 is 19.1 Å². The Morgan fingerprint density at radius 2 is 1.77 bits per heavy atom. The minimum absolute atomic E-state index is 0.00674. The van der Waals surface area contributed by atoms with Crippen LogP contribution in [0.5, 0.6) is 17.2 Å². The average Bonchev–Trinajstić information content (AvgIpc) is 3.14. The van der Waals surface area contributed by atoms with E-state index in [0.29, 0.717) is 22.8 Å². The first-order valence-corrected chi connectivity index (χ1v) is 8.14. The first kappa shape index (κ1) is 14.8. The lowest BCUT2D eigenvalue weighted by molar-refractivity contribution is -0.434. The second-order valence-electron chi connectivity index (χ2n) is 6.14. The van der Waals surface area contributed by atoms with Crippen molar-refractivity contribution in [3.8, 4) is 17.2 Å². The van der Waals surface area contributed by atoms with Crippen LogP contribution in [-0.4, -0.2) is 11.7 Å². The number of benzene rings is 3. The molecule has 128 valence electrons. The molecular formula is C20H13NO5. The Bertz CT molecular complexity index is 1090. The summed E-state index contributed by atoms with van der Waals surface area (Å²) in [4.78, 5) is 11.3. The van der Waals surface area contributed by atoms with Gasteiger partial charge in [-0.05, 0) is 29.0 Å². The van der Waals surface area contributed by atoms with Crippen molar-refractivity contribution in [1.29, 1.82) is 0 Å². The summed E-state index contributed by atoms with van der Waals surface area (Å²) in [5, 5.41) is 13.7. The van der Waals surface area contributed by atoms with E-state index in [1.165, 1.54) is 0 Å². The van der Waals surface area contributed by atoms with Gasteiger partial charge in [0, 0.05) is 17.2 Å². The fraction of sp³-hybridized carbons (Fsp3) is 0.100. The Hall–Kier alpha value is -3.54. The Balaban J connectivity index is 1.66. The minimum Gasteiger partial charge on any atom is -0.474 e. The van der Waals surface area contributed by atoms with Crippen LogP contribution in [0, 0.1) is 10.1 Å². The van der Waals surface area contributed by atoms with Crippen LogP contribution in [-0.2, 0) is 0 Å². The zero-order valence-corrected chi connectivity index (χ0v) is 13.5. The van der Waals surface area contributed by atoms with Crippen molar-refractivity contribution in [1.82, 2.24) is 0 Å². The van der Waals surface area contributed by atoms with E-state index in [1.807, 2.05) is 36.4 Å². The Labute approximate surface area is 148 Å². The average molecular weight is 347 g/mol. The van der Waals surface area contributed by atoms with Crippen LogP contribution >= 0.6 is 0 Å². The van der Waals surface area contributed by atoms with Gasteiger partial charge in [0.2, 0.25) is 12.9 Å². The maximum atomic E-state index is 11.7. The van der Waals surface area contributed by atoms with Gasteiger partial charge >= 0.3 is 0 Å². The molecule has 2 heterocycles. The van der Waals surface area contributed by atoms with Crippen LogP contribution in [0.1, 0.15) is 17.2 Å². The molecular weight excluding hydrogens is 334 g/mol. The fourth-order valence-electron chi connectivity index (χ4n) is 3.40. The summed E-state index contributed by atoms with van der Waals surface area (Å²) in [6, 6.07) is 16.8. The highest BCUT2D eigenvalue weighted by molar-refractivity contribution is 5.93. The van der Waals surface area contributed by atoms with Crippen molar-refractivity contribution in [3.63, 3.8) is 0 Å². The van der Waals surface area contributed by atoms with Gasteiger partial charge < -0.3 is 14.2 Å². The third-order valence-electron chi connectivity index (χ3n) is 4.65. The standard InChI is InChI=1S/C20H13NO5/c22-21(23)16-10-15-14-4-2-1-3-12(14)5-7-17(15)26-20(16)13-6-8-18-19(9-13)25-11-24-18/h1-10,20H,11H2. The summed E-state index contributed by atoms with van der Waals surface area (Å²) in [6.45, 7) is 0.150. The maximum Gasteiger partial charge on any atom is 0.291 e. The van der Waals surface area contributed by atoms with Gasteiger partial charge in [-0.15, -0.1) is 0 Å². The normalized spacial score (nSPS) is 17.4. The van der Waals surface area contributed by atoms with Gasteiger partial charge in [-0.1, -0.05) is 36.4 Å². The highest BCUT2D eigenvalue weighted by atomic mass is 16.7. The van der Waals surface area contributed by atoms with Gasteiger partial charge in [0.05, 0.1) is 4.92 Å². The van der Waals surface area contributed by atoms with E-state index in [2.05, 4.69) is 0 Å². The van der Waals surface area contributed by atoms with E-state index >= 15 is 0 Å². The topological polar surface area (TPSA) is 70.8 Å². The Kier molecular flexibility index (Phi) is 3.12. The van der Waals surface area contributed by atoms with Crippen molar-refractivity contribution in [2.24, 2.45) is 0 Å². The third kappa shape index (κ3) is 2.19. The highest BCUT2D eigenvalue weighted by Gasteiger charge is 2.34. The molecule has 0 aliphatic carbocycles. The van der Waals surface area contributed by atoms with E-state index in [-0.39, 0.29) is 17.4 Å². The molecule has 0 amide bonds. The minimum atomic E-state index is -0.812. The van der Waals surface area contributed by atoms with Crippen LogP contribution in [0.25, 0.3) is 16.8 Å². The van der Waals surface area contributed by atoms with Crippen molar-refractivity contribution in [2.45, 2.75) is 6.10 Å². The van der Waals surface area contributed by atoms with E-state index in [0.717, 1.165) is 16.3 Å². The number of hydrogen-bond donors (Lipinski definition) is 0. The van der Waals surface area contributed by atoms with E-state index < -0.39 is 6.10 Å². The zero-order chi connectivity index (χ0) is 17.7. The number of hydrogen-bond acceptors (Lipinski definition) is 5. The van der Waals surface area contributed by atoms with E-state index in [4.69, 9.17) is 14.2 Å². The fourth-order valence-corrected chi connectivity index (χ4v) is 3.40. The first-order valence-electron chi connectivity index (χ1n) is 8.14. The van der Waals surface area contributed by atoms with Crippen LogP contribution < -0.4 is 14.2 Å². The van der Waals surface area contributed by atoms with Crippen LogP contribution in [0.3, 0.4) is 0 Å². The molecule has 0 bridgehead atoms. The summed E-state index contributed by atoms with van der Waals surface area (Å²) in [7, 11) is 0. The molecule has 1 atom stereocenters. The smallest absolute Gasteiger partial charge is 0.291 e. The van der Waals surface area contributed by atoms with Gasteiger partial charge in [-0.25, -0.2) is 0 Å². The predicted molar refractivity (Wildman–Crippen MR) is 94.9 cm³/mol. The molecule has 0 fully saturated rings. The molecule has 6 nitrogen and oxygen atoms in total. The van der Waals surface area contributed by atoms with Crippen molar-refractivity contribution >= 4 is 16.8 Å². The first-order chi connectivity index (χ1) is 12.7. The zero-order valence-electron chi connectivity index (χ0n) is 13.5. The van der Waals surface area contributed by atoms with Gasteiger partial charge in [0.15, 0.2) is 11.5 Å². The molecule has 6 heteroatoms. The lowest BCUT2D eigenvalue weighted by atomic mass is 9.97. The third-order valence-corrected chi connectivity index (χ3v) is 4.65. The van der Waals surface area contributed by atoms with Gasteiger partial charge in [0.25, 0.3) is 5.70 Å². The summed E-state index contributed by atoms with van der Waals surface area (Å²) < 4.78 is 16.7. The van der Waals surface area contributed by atoms with Crippen LogP contribution in [0.4, 0.5) is 0 Å². The number of fused-ring (bicyclic) bond motifs is 4. The molecule has 3 aromatic carbocycles. The molecule has 2 aliphatic heterocycles. The molecule has 0 saturated heterocycles. The monoisotopic (exact) mass is 347 g/mol. The molecule has 5 rings (SSSR count). The van der Waals surface area contributed by atoms with Crippen LogP contribution in [0.2, 0.25) is 0 Å². The van der Waals surface area contributed by atoms with Crippen molar-refractivity contribution in [2.75, 3.05) is 6.79 Å². The lowest BCUT2D eigenvalue weighted by Gasteiger charge is -2.23. The van der Waals surface area contributed by atoms with Gasteiger partial charge in [0.1, 0.15) is 5.75 Å². The number of nitro groups is 1. The second-order valence-corrected chi connectivity index (χ2v) is 6.14. The van der Waals surface area contributed by atoms with E-state index in [1.54, 1.807) is 24.3 Å². The van der Waals surface area contributed by atoms with Crippen LogP contribution in [0.15, 0.2) is 60.3 Å². The molecule has 0 saturated carbocycles. The molecule has 1 unspecified atom stereocenters. The summed E-state index contributed by atoms with van der Waals surface area (Å²) in [5.74, 6) is 1.82. The summed E-state index contributed by atoms with van der Waals surface area (Å²) >= 11 is 0.